The highest BCUT2D eigenvalue weighted by molar-refractivity contribution is 5.30. The van der Waals surface area contributed by atoms with Crippen LogP contribution in [0.15, 0.2) is 12.4 Å². The molecule has 1 aromatic heterocycles. The third kappa shape index (κ3) is 3.83. The van der Waals surface area contributed by atoms with Crippen LogP contribution in [0.5, 0.6) is 0 Å². The van der Waals surface area contributed by atoms with Crippen molar-refractivity contribution in [1.82, 2.24) is 9.97 Å². The fraction of sp³-hybridized carbons (Fsp3) is 0.556. The van der Waals surface area contributed by atoms with Gasteiger partial charge in [0.1, 0.15) is 5.82 Å². The van der Waals surface area contributed by atoms with Gasteiger partial charge in [-0.15, -0.1) is 0 Å². The lowest BCUT2D eigenvalue weighted by atomic mass is 9.97. The van der Waals surface area contributed by atoms with E-state index in [9.17, 15) is 4.39 Å². The van der Waals surface area contributed by atoms with Crippen molar-refractivity contribution in [1.29, 1.82) is 0 Å². The Bertz CT molecular complexity index is 280. The van der Waals surface area contributed by atoms with E-state index >= 15 is 0 Å². The van der Waals surface area contributed by atoms with Crippen molar-refractivity contribution in [3.8, 4) is 0 Å². The number of rotatable bonds is 2. The van der Waals surface area contributed by atoms with Crippen LogP contribution >= 0.6 is 0 Å². The first-order valence-corrected chi connectivity index (χ1v) is 4.19. The number of nitrogens with one attached hydrogen (secondary N) is 1. The van der Waals surface area contributed by atoms with Gasteiger partial charge in [0.05, 0.1) is 12.4 Å². The van der Waals surface area contributed by atoms with E-state index in [1.807, 2.05) is 0 Å². The minimum absolute atomic E-state index is 0.147. The second-order valence-corrected chi connectivity index (χ2v) is 4.14. The molecule has 0 saturated carbocycles. The van der Waals surface area contributed by atoms with Gasteiger partial charge in [-0.25, -0.2) is 0 Å². The summed E-state index contributed by atoms with van der Waals surface area (Å²) in [5.74, 6) is -0.0752. The van der Waals surface area contributed by atoms with E-state index in [0.717, 1.165) is 12.7 Å². The van der Waals surface area contributed by atoms with Crippen LogP contribution < -0.4 is 5.32 Å². The third-order valence-electron chi connectivity index (χ3n) is 1.40. The molecule has 0 unspecified atom stereocenters. The van der Waals surface area contributed by atoms with Gasteiger partial charge < -0.3 is 5.32 Å². The van der Waals surface area contributed by atoms with Crippen LogP contribution in [0, 0.1) is 11.4 Å². The molecule has 1 rings (SSSR count). The van der Waals surface area contributed by atoms with E-state index < -0.39 is 5.95 Å². The van der Waals surface area contributed by atoms with Crippen molar-refractivity contribution in [2.24, 2.45) is 5.41 Å². The van der Waals surface area contributed by atoms with Crippen LogP contribution in [0.4, 0.5) is 10.2 Å². The molecule has 1 heterocycles. The first-order valence-electron chi connectivity index (χ1n) is 4.19. The summed E-state index contributed by atoms with van der Waals surface area (Å²) in [6, 6.07) is 0. The predicted octanol–water partition coefficient (Wildman–Crippen LogP) is 2.07. The molecule has 0 aliphatic rings. The van der Waals surface area contributed by atoms with Crippen molar-refractivity contribution in [2.45, 2.75) is 20.8 Å². The molecule has 0 saturated heterocycles. The number of halogens is 1. The molecule has 0 bridgehead atoms. The molecule has 13 heavy (non-hydrogen) atoms. The lowest BCUT2D eigenvalue weighted by molar-refractivity contribution is 0.441. The Morgan fingerprint density at radius 2 is 2.08 bits per heavy atom. The van der Waals surface area contributed by atoms with Crippen LogP contribution in [0.25, 0.3) is 0 Å². The van der Waals surface area contributed by atoms with E-state index in [-0.39, 0.29) is 5.41 Å². The summed E-state index contributed by atoms with van der Waals surface area (Å²) in [5.41, 5.74) is 0.147. The molecule has 0 fully saturated rings. The monoisotopic (exact) mass is 183 g/mol. The van der Waals surface area contributed by atoms with Crippen molar-refractivity contribution < 1.29 is 4.39 Å². The first-order chi connectivity index (χ1) is 5.97. The predicted molar refractivity (Wildman–Crippen MR) is 49.9 cm³/mol. The molecule has 1 N–H and O–H groups in total. The van der Waals surface area contributed by atoms with Gasteiger partial charge in [-0.2, -0.15) is 9.37 Å². The molecule has 72 valence electrons. The second-order valence-electron chi connectivity index (χ2n) is 4.14. The lowest BCUT2D eigenvalue weighted by Gasteiger charge is -2.18. The SMILES string of the molecule is CC(C)(C)CNc1cncc(F)n1. The number of nitrogens with zero attached hydrogens (tertiary/aromatic N) is 2. The topological polar surface area (TPSA) is 37.8 Å². The van der Waals surface area contributed by atoms with E-state index in [1.165, 1.54) is 6.20 Å². The number of anilines is 1. The normalized spacial score (nSPS) is 11.4. The number of hydrogen-bond acceptors (Lipinski definition) is 3. The lowest BCUT2D eigenvalue weighted by Crippen LogP contribution is -2.19. The van der Waals surface area contributed by atoms with Crippen molar-refractivity contribution in [2.75, 3.05) is 11.9 Å². The zero-order valence-corrected chi connectivity index (χ0v) is 8.13. The number of hydrogen-bond donors (Lipinski definition) is 1. The minimum Gasteiger partial charge on any atom is -0.368 e. The average molecular weight is 183 g/mol. The van der Waals surface area contributed by atoms with E-state index in [0.29, 0.717) is 5.82 Å². The van der Waals surface area contributed by atoms with Gasteiger partial charge in [0.2, 0.25) is 5.95 Å². The van der Waals surface area contributed by atoms with Gasteiger partial charge in [-0.1, -0.05) is 20.8 Å². The molecule has 0 amide bonds. The van der Waals surface area contributed by atoms with E-state index in [1.54, 1.807) is 0 Å². The molecule has 0 aliphatic heterocycles. The summed E-state index contributed by atoms with van der Waals surface area (Å²) in [7, 11) is 0. The van der Waals surface area contributed by atoms with Gasteiger partial charge in [0.15, 0.2) is 0 Å². The highest BCUT2D eigenvalue weighted by Gasteiger charge is 2.09. The minimum atomic E-state index is -0.557. The molecule has 0 radical (unpaired) electrons. The number of aromatic nitrogens is 2. The quantitative estimate of drug-likeness (QED) is 0.762. The molecule has 3 nitrogen and oxygen atoms in total. The van der Waals surface area contributed by atoms with Crippen LogP contribution in [0.1, 0.15) is 20.8 Å². The maximum absolute atomic E-state index is 12.6. The largest absolute Gasteiger partial charge is 0.368 e. The average Bonchev–Trinajstić information content (AvgIpc) is 2.00. The second kappa shape index (κ2) is 3.68. The zero-order valence-electron chi connectivity index (χ0n) is 8.13. The molecule has 0 aromatic carbocycles. The molecular formula is C9H14FN3. The van der Waals surface area contributed by atoms with Crippen LogP contribution in [-0.4, -0.2) is 16.5 Å². The smallest absolute Gasteiger partial charge is 0.233 e. The Hall–Kier alpha value is -1.19. The van der Waals surface area contributed by atoms with Crippen molar-refractivity contribution >= 4 is 5.82 Å². The summed E-state index contributed by atoms with van der Waals surface area (Å²) in [4.78, 5) is 7.32. The van der Waals surface area contributed by atoms with Gasteiger partial charge in [-0.3, -0.25) is 4.98 Å². The van der Waals surface area contributed by atoms with Gasteiger partial charge in [0.25, 0.3) is 0 Å². The van der Waals surface area contributed by atoms with Crippen molar-refractivity contribution in [3.05, 3.63) is 18.3 Å². The molecule has 0 spiro atoms. The van der Waals surface area contributed by atoms with Crippen LogP contribution in [-0.2, 0) is 0 Å². The van der Waals surface area contributed by atoms with E-state index in [4.69, 9.17) is 0 Å². The fourth-order valence-electron chi connectivity index (χ4n) is 0.783. The Balaban J connectivity index is 2.55. The van der Waals surface area contributed by atoms with Crippen LogP contribution in [0.2, 0.25) is 0 Å². The summed E-state index contributed by atoms with van der Waals surface area (Å²) in [6.45, 7) is 7.01. The molecule has 4 heteroatoms. The maximum Gasteiger partial charge on any atom is 0.233 e. The fourth-order valence-corrected chi connectivity index (χ4v) is 0.783. The molecule has 0 atom stereocenters. The van der Waals surface area contributed by atoms with Crippen LogP contribution in [0.3, 0.4) is 0 Å². The van der Waals surface area contributed by atoms with Crippen molar-refractivity contribution in [3.63, 3.8) is 0 Å². The summed E-state index contributed by atoms with van der Waals surface area (Å²) in [6.07, 6.45) is 2.59. The maximum atomic E-state index is 12.6. The summed E-state index contributed by atoms with van der Waals surface area (Å²) < 4.78 is 12.6. The third-order valence-corrected chi connectivity index (χ3v) is 1.40. The van der Waals surface area contributed by atoms with Gasteiger partial charge in [-0.05, 0) is 5.41 Å². The Morgan fingerprint density at radius 1 is 1.38 bits per heavy atom. The zero-order chi connectivity index (χ0) is 9.90. The molecule has 0 aliphatic carbocycles. The Labute approximate surface area is 77.4 Å². The van der Waals surface area contributed by atoms with Gasteiger partial charge >= 0.3 is 0 Å². The highest BCUT2D eigenvalue weighted by atomic mass is 19.1. The van der Waals surface area contributed by atoms with E-state index in [2.05, 4.69) is 36.1 Å². The molecular weight excluding hydrogens is 169 g/mol. The molecule has 1 aromatic rings. The standard InChI is InChI=1S/C9H14FN3/c1-9(2,3)6-12-8-5-11-4-7(10)13-8/h4-5H,6H2,1-3H3,(H,12,13). The Kier molecular flexibility index (Phi) is 2.80. The summed E-state index contributed by atoms with van der Waals surface area (Å²) in [5, 5.41) is 3.01. The van der Waals surface area contributed by atoms with Gasteiger partial charge in [0, 0.05) is 6.54 Å². The first kappa shape index (κ1) is 9.89. The highest BCUT2D eigenvalue weighted by Crippen LogP contribution is 2.13. The Morgan fingerprint density at radius 3 is 2.62 bits per heavy atom. The summed E-state index contributed by atoms with van der Waals surface area (Å²) >= 11 is 0.